The lowest BCUT2D eigenvalue weighted by atomic mass is 9.75. The topological polar surface area (TPSA) is 101 Å². The number of rotatable bonds is 4. The number of anilines is 1. The standard InChI is InChI=1S/C23H18ClF2N3O4/c1-11-20(23(31)28-16-8-6-13(25)10-15(16)26)21(22-17(27-11)3-2-4-19(22)30)12-5-7-14(24)18(9-12)29(32)33/h5-10,21,27H,2-4H2,1H3,(H,28,31). The summed E-state index contributed by atoms with van der Waals surface area (Å²) in [5.41, 5.74) is 1.25. The minimum atomic E-state index is -0.960. The Kier molecular flexibility index (Phi) is 5.99. The highest BCUT2D eigenvalue weighted by Gasteiger charge is 2.39. The molecule has 33 heavy (non-hydrogen) atoms. The SMILES string of the molecule is CC1=C(C(=O)Nc2ccc(F)cc2F)C(c2ccc(Cl)c([N+](=O)[O-])c2)C2=C(CCCC2=O)N1. The van der Waals surface area contributed by atoms with E-state index in [0.29, 0.717) is 41.4 Å². The number of Topliss-reactive ketones (excluding diaryl/α,β-unsaturated/α-hetero) is 1. The molecule has 170 valence electrons. The molecule has 0 saturated carbocycles. The van der Waals surface area contributed by atoms with Gasteiger partial charge in [-0.15, -0.1) is 0 Å². The molecule has 1 heterocycles. The predicted molar refractivity (Wildman–Crippen MR) is 118 cm³/mol. The van der Waals surface area contributed by atoms with Crippen molar-refractivity contribution in [3.8, 4) is 0 Å². The van der Waals surface area contributed by atoms with Gasteiger partial charge in [-0.2, -0.15) is 0 Å². The highest BCUT2D eigenvalue weighted by molar-refractivity contribution is 6.32. The second-order valence-electron chi connectivity index (χ2n) is 7.81. The number of carbonyl (C=O) groups excluding carboxylic acids is 2. The third kappa shape index (κ3) is 4.23. The molecule has 0 aromatic heterocycles. The Morgan fingerprint density at radius 3 is 2.67 bits per heavy atom. The maximum Gasteiger partial charge on any atom is 0.288 e. The Hall–Kier alpha value is -3.59. The molecule has 1 aliphatic carbocycles. The molecule has 1 amide bonds. The maximum absolute atomic E-state index is 14.2. The number of nitro benzene ring substituents is 1. The molecule has 0 bridgehead atoms. The number of amides is 1. The average molecular weight is 474 g/mol. The van der Waals surface area contributed by atoms with Gasteiger partial charge in [0.2, 0.25) is 0 Å². The Morgan fingerprint density at radius 1 is 1.21 bits per heavy atom. The van der Waals surface area contributed by atoms with Gasteiger partial charge in [0.1, 0.15) is 16.7 Å². The van der Waals surface area contributed by atoms with Crippen molar-refractivity contribution in [2.24, 2.45) is 0 Å². The normalized spacial score (nSPS) is 18.1. The first-order valence-electron chi connectivity index (χ1n) is 10.1. The lowest BCUT2D eigenvalue weighted by Crippen LogP contribution is -2.35. The number of hydrogen-bond donors (Lipinski definition) is 2. The van der Waals surface area contributed by atoms with Crippen molar-refractivity contribution in [2.75, 3.05) is 5.32 Å². The van der Waals surface area contributed by atoms with Crippen LogP contribution in [0.4, 0.5) is 20.2 Å². The van der Waals surface area contributed by atoms with Crippen LogP contribution >= 0.6 is 11.6 Å². The molecule has 10 heteroatoms. The number of nitrogens with zero attached hydrogens (tertiary/aromatic N) is 1. The number of halogens is 3. The summed E-state index contributed by atoms with van der Waals surface area (Å²) in [6, 6.07) is 6.84. The third-order valence-corrected chi connectivity index (χ3v) is 6.02. The molecule has 1 aliphatic heterocycles. The molecule has 0 spiro atoms. The summed E-state index contributed by atoms with van der Waals surface area (Å²) in [5.74, 6) is -3.59. The number of hydrogen-bond acceptors (Lipinski definition) is 5. The Morgan fingerprint density at radius 2 is 1.97 bits per heavy atom. The van der Waals surface area contributed by atoms with Gasteiger partial charge in [-0.05, 0) is 43.5 Å². The van der Waals surface area contributed by atoms with Gasteiger partial charge >= 0.3 is 0 Å². The summed E-state index contributed by atoms with van der Waals surface area (Å²) in [6.07, 6.45) is 1.48. The fraction of sp³-hybridized carbons (Fsp3) is 0.217. The number of dihydropyridines is 1. The zero-order valence-corrected chi connectivity index (χ0v) is 18.1. The van der Waals surface area contributed by atoms with Crippen LogP contribution in [0, 0.1) is 21.7 Å². The molecular weight excluding hydrogens is 456 g/mol. The van der Waals surface area contributed by atoms with E-state index < -0.39 is 28.4 Å². The molecule has 7 nitrogen and oxygen atoms in total. The van der Waals surface area contributed by atoms with E-state index in [1.54, 1.807) is 6.92 Å². The number of nitrogens with one attached hydrogen (secondary N) is 2. The molecule has 1 unspecified atom stereocenters. The van der Waals surface area contributed by atoms with Crippen molar-refractivity contribution in [1.82, 2.24) is 5.32 Å². The number of nitro groups is 1. The van der Waals surface area contributed by atoms with Crippen LogP contribution in [0.5, 0.6) is 0 Å². The zero-order chi connectivity index (χ0) is 23.9. The van der Waals surface area contributed by atoms with Crippen LogP contribution in [0.15, 0.2) is 58.9 Å². The fourth-order valence-corrected chi connectivity index (χ4v) is 4.43. The molecule has 2 N–H and O–H groups in total. The predicted octanol–water partition coefficient (Wildman–Crippen LogP) is 5.13. The van der Waals surface area contributed by atoms with Gasteiger partial charge in [-0.25, -0.2) is 8.78 Å². The molecule has 0 radical (unpaired) electrons. The highest BCUT2D eigenvalue weighted by atomic mass is 35.5. The quantitative estimate of drug-likeness (QED) is 0.473. The first-order chi connectivity index (χ1) is 15.7. The minimum absolute atomic E-state index is 0.0815. The van der Waals surface area contributed by atoms with E-state index >= 15 is 0 Å². The summed E-state index contributed by atoms with van der Waals surface area (Å²) in [4.78, 5) is 37.0. The van der Waals surface area contributed by atoms with Gasteiger partial charge in [0.25, 0.3) is 11.6 Å². The van der Waals surface area contributed by atoms with E-state index in [1.165, 1.54) is 18.2 Å². The van der Waals surface area contributed by atoms with Crippen LogP contribution in [-0.4, -0.2) is 16.6 Å². The zero-order valence-electron chi connectivity index (χ0n) is 17.4. The second kappa shape index (κ2) is 8.74. The van der Waals surface area contributed by atoms with Crippen molar-refractivity contribution >= 4 is 34.7 Å². The molecule has 0 saturated heterocycles. The van der Waals surface area contributed by atoms with E-state index in [-0.39, 0.29) is 34.2 Å². The van der Waals surface area contributed by atoms with Crippen LogP contribution in [0.1, 0.15) is 37.7 Å². The van der Waals surface area contributed by atoms with Gasteiger partial charge < -0.3 is 10.6 Å². The number of ketones is 1. The van der Waals surface area contributed by atoms with Gasteiger partial charge in [0, 0.05) is 47.0 Å². The summed E-state index contributed by atoms with van der Waals surface area (Å²) >= 11 is 5.96. The van der Waals surface area contributed by atoms with E-state index in [0.717, 1.165) is 12.1 Å². The maximum atomic E-state index is 14.2. The third-order valence-electron chi connectivity index (χ3n) is 5.70. The van der Waals surface area contributed by atoms with E-state index in [2.05, 4.69) is 10.6 Å². The number of allylic oxidation sites excluding steroid dienone is 3. The van der Waals surface area contributed by atoms with Gasteiger partial charge in [0.05, 0.1) is 10.6 Å². The van der Waals surface area contributed by atoms with Crippen molar-refractivity contribution in [3.05, 3.63) is 91.3 Å². The molecule has 2 aliphatic rings. The van der Waals surface area contributed by atoms with Crippen LogP contribution in [0.25, 0.3) is 0 Å². The summed E-state index contributed by atoms with van der Waals surface area (Å²) in [5, 5.41) is 16.9. The van der Waals surface area contributed by atoms with E-state index in [4.69, 9.17) is 11.6 Å². The smallest absolute Gasteiger partial charge is 0.288 e. The van der Waals surface area contributed by atoms with E-state index in [9.17, 15) is 28.5 Å². The van der Waals surface area contributed by atoms with Crippen molar-refractivity contribution in [3.63, 3.8) is 0 Å². The largest absolute Gasteiger partial charge is 0.362 e. The molecular formula is C23H18ClF2N3O4. The first kappa shape index (κ1) is 22.6. The average Bonchev–Trinajstić information content (AvgIpc) is 2.75. The van der Waals surface area contributed by atoms with Crippen molar-refractivity contribution < 1.29 is 23.3 Å². The van der Waals surface area contributed by atoms with Crippen molar-refractivity contribution in [2.45, 2.75) is 32.1 Å². The second-order valence-corrected chi connectivity index (χ2v) is 8.22. The lowest BCUT2D eigenvalue weighted by Gasteiger charge is -2.34. The van der Waals surface area contributed by atoms with E-state index in [1.807, 2.05) is 0 Å². The van der Waals surface area contributed by atoms with Crippen LogP contribution in [0.3, 0.4) is 0 Å². The fourth-order valence-electron chi connectivity index (χ4n) is 4.25. The Balaban J connectivity index is 1.84. The molecule has 2 aromatic rings. The van der Waals surface area contributed by atoms with Crippen molar-refractivity contribution in [1.29, 1.82) is 0 Å². The first-order valence-corrected chi connectivity index (χ1v) is 10.5. The summed E-state index contributed by atoms with van der Waals surface area (Å²) in [6.45, 7) is 1.64. The summed E-state index contributed by atoms with van der Waals surface area (Å²) < 4.78 is 27.4. The van der Waals surface area contributed by atoms with Crippen LogP contribution < -0.4 is 10.6 Å². The molecule has 4 rings (SSSR count). The van der Waals surface area contributed by atoms with Gasteiger partial charge in [-0.1, -0.05) is 17.7 Å². The number of benzene rings is 2. The summed E-state index contributed by atoms with van der Waals surface area (Å²) in [7, 11) is 0. The highest BCUT2D eigenvalue weighted by Crippen LogP contribution is 2.44. The Bertz CT molecular complexity index is 1270. The minimum Gasteiger partial charge on any atom is -0.362 e. The Labute approximate surface area is 192 Å². The van der Waals surface area contributed by atoms with Gasteiger partial charge in [0.15, 0.2) is 5.78 Å². The number of carbonyl (C=O) groups is 2. The molecule has 2 aromatic carbocycles. The van der Waals surface area contributed by atoms with Crippen LogP contribution in [0.2, 0.25) is 5.02 Å². The molecule has 1 atom stereocenters. The van der Waals surface area contributed by atoms with Gasteiger partial charge in [-0.3, -0.25) is 19.7 Å². The monoisotopic (exact) mass is 473 g/mol. The molecule has 0 fully saturated rings. The van der Waals surface area contributed by atoms with Crippen LogP contribution in [-0.2, 0) is 9.59 Å². The lowest BCUT2D eigenvalue weighted by molar-refractivity contribution is -0.384.